The Morgan fingerprint density at radius 2 is 1.66 bits per heavy atom. The first-order valence-corrected chi connectivity index (χ1v) is 9.25. The van der Waals surface area contributed by atoms with Gasteiger partial charge in [0.2, 0.25) is 0 Å². The fraction of sp³-hybridized carbons (Fsp3) is 0.500. The summed E-state index contributed by atoms with van der Waals surface area (Å²) >= 11 is 0. The van der Waals surface area contributed by atoms with Gasteiger partial charge in [0, 0.05) is 43.0 Å². The molecule has 1 aromatic carbocycles. The largest absolute Gasteiger partial charge is 0.496 e. The summed E-state index contributed by atoms with van der Waals surface area (Å²) in [6.07, 6.45) is 0. The number of aliphatic imine (C=N–C) groups is 1. The second-order valence-electron chi connectivity index (χ2n) is 6.34. The molecule has 0 aliphatic rings. The predicted octanol–water partition coefficient (Wildman–Crippen LogP) is 2.94. The second kappa shape index (κ2) is 11.7. The molecule has 0 saturated carbocycles. The van der Waals surface area contributed by atoms with E-state index >= 15 is 0 Å². The maximum atomic E-state index is 5.49. The molecule has 0 amide bonds. The summed E-state index contributed by atoms with van der Waals surface area (Å²) in [4.78, 5) is 4.70. The molecule has 0 aliphatic carbocycles. The summed E-state index contributed by atoms with van der Waals surface area (Å²) in [5, 5.41) is 11.1. The van der Waals surface area contributed by atoms with E-state index in [-0.39, 0.29) is 24.0 Å². The Morgan fingerprint density at radius 1 is 1.03 bits per heavy atom. The molecule has 0 spiro atoms. The summed E-state index contributed by atoms with van der Waals surface area (Å²) in [7, 11) is 6.80. The van der Waals surface area contributed by atoms with Gasteiger partial charge in [-0.2, -0.15) is 5.10 Å². The van der Waals surface area contributed by atoms with Gasteiger partial charge in [0.05, 0.1) is 33.6 Å². The van der Waals surface area contributed by atoms with Crippen molar-refractivity contribution in [1.29, 1.82) is 0 Å². The molecule has 1 heterocycles. The van der Waals surface area contributed by atoms with E-state index in [0.717, 1.165) is 29.5 Å². The topological polar surface area (TPSA) is 81.9 Å². The molecule has 29 heavy (non-hydrogen) atoms. The van der Waals surface area contributed by atoms with Gasteiger partial charge < -0.3 is 24.8 Å². The standard InChI is InChI=1S/C20H31N5O3.HI/c1-8-21-20(23-12-16-13(2)24-25(4)14(16)3)22-11-15-9-18(27-6)19(28-7)10-17(15)26-5;/h9-10H,8,11-12H2,1-7H3,(H2,21,22,23);1H. The third-order valence-corrected chi connectivity index (χ3v) is 4.63. The smallest absolute Gasteiger partial charge is 0.191 e. The van der Waals surface area contributed by atoms with Gasteiger partial charge in [-0.05, 0) is 26.8 Å². The van der Waals surface area contributed by atoms with E-state index in [2.05, 4.69) is 22.7 Å². The Kier molecular flexibility index (Phi) is 10.1. The summed E-state index contributed by atoms with van der Waals surface area (Å²) in [6.45, 7) is 7.97. The van der Waals surface area contributed by atoms with Gasteiger partial charge in [0.1, 0.15) is 5.75 Å². The summed E-state index contributed by atoms with van der Waals surface area (Å²) in [6, 6.07) is 3.70. The van der Waals surface area contributed by atoms with E-state index in [4.69, 9.17) is 19.2 Å². The Labute approximate surface area is 190 Å². The van der Waals surface area contributed by atoms with Crippen molar-refractivity contribution in [2.45, 2.75) is 33.9 Å². The quantitative estimate of drug-likeness (QED) is 0.319. The Bertz CT molecular complexity index is 836. The molecule has 0 unspecified atom stereocenters. The van der Waals surface area contributed by atoms with E-state index in [0.29, 0.717) is 30.3 Å². The predicted molar refractivity (Wildman–Crippen MR) is 126 cm³/mol. The van der Waals surface area contributed by atoms with Gasteiger partial charge in [-0.25, -0.2) is 4.99 Å². The van der Waals surface area contributed by atoms with Crippen LogP contribution in [-0.4, -0.2) is 43.6 Å². The first-order chi connectivity index (χ1) is 13.4. The number of hydrogen-bond donors (Lipinski definition) is 2. The minimum Gasteiger partial charge on any atom is -0.496 e. The van der Waals surface area contributed by atoms with E-state index in [1.165, 1.54) is 5.56 Å². The molecule has 0 saturated heterocycles. The zero-order valence-corrected chi connectivity index (χ0v) is 20.6. The van der Waals surface area contributed by atoms with Gasteiger partial charge in [-0.15, -0.1) is 24.0 Å². The fourth-order valence-electron chi connectivity index (χ4n) is 2.97. The number of nitrogens with one attached hydrogen (secondary N) is 2. The summed E-state index contributed by atoms with van der Waals surface area (Å²) in [5.41, 5.74) is 4.25. The van der Waals surface area contributed by atoms with Crippen LogP contribution in [0, 0.1) is 13.8 Å². The monoisotopic (exact) mass is 517 g/mol. The summed E-state index contributed by atoms with van der Waals surface area (Å²) < 4.78 is 18.1. The number of nitrogens with zero attached hydrogens (tertiary/aromatic N) is 3. The van der Waals surface area contributed by atoms with E-state index < -0.39 is 0 Å². The maximum Gasteiger partial charge on any atom is 0.191 e. The average Bonchev–Trinajstić information content (AvgIpc) is 2.94. The van der Waals surface area contributed by atoms with Gasteiger partial charge in [-0.3, -0.25) is 4.68 Å². The van der Waals surface area contributed by atoms with Gasteiger partial charge in [-0.1, -0.05) is 0 Å². The molecule has 0 bridgehead atoms. The van der Waals surface area contributed by atoms with Crippen LogP contribution < -0.4 is 24.8 Å². The minimum absolute atomic E-state index is 0. The average molecular weight is 517 g/mol. The number of aromatic nitrogens is 2. The van der Waals surface area contributed by atoms with Crippen molar-refractivity contribution in [3.63, 3.8) is 0 Å². The van der Waals surface area contributed by atoms with Crippen molar-refractivity contribution in [3.8, 4) is 17.2 Å². The molecular formula is C20H32IN5O3. The van der Waals surface area contributed by atoms with Crippen LogP contribution in [0.4, 0.5) is 0 Å². The van der Waals surface area contributed by atoms with Crippen LogP contribution in [0.15, 0.2) is 17.1 Å². The van der Waals surface area contributed by atoms with Crippen LogP contribution in [0.5, 0.6) is 17.2 Å². The highest BCUT2D eigenvalue weighted by molar-refractivity contribution is 14.0. The molecule has 2 rings (SSSR count). The van der Waals surface area contributed by atoms with Crippen LogP contribution in [-0.2, 0) is 20.1 Å². The number of guanidine groups is 1. The number of ether oxygens (including phenoxy) is 3. The Hall–Kier alpha value is -2.17. The maximum absolute atomic E-state index is 5.49. The number of halogens is 1. The van der Waals surface area contributed by atoms with Crippen LogP contribution in [0.2, 0.25) is 0 Å². The molecule has 0 aliphatic heterocycles. The van der Waals surface area contributed by atoms with Crippen molar-refractivity contribution >= 4 is 29.9 Å². The van der Waals surface area contributed by atoms with Crippen LogP contribution >= 0.6 is 24.0 Å². The number of hydrogen-bond acceptors (Lipinski definition) is 5. The lowest BCUT2D eigenvalue weighted by Gasteiger charge is -2.14. The lowest BCUT2D eigenvalue weighted by molar-refractivity contribution is 0.347. The van der Waals surface area contributed by atoms with Crippen molar-refractivity contribution in [3.05, 3.63) is 34.6 Å². The van der Waals surface area contributed by atoms with Crippen molar-refractivity contribution in [1.82, 2.24) is 20.4 Å². The number of methoxy groups -OCH3 is 3. The van der Waals surface area contributed by atoms with Crippen molar-refractivity contribution < 1.29 is 14.2 Å². The molecule has 0 radical (unpaired) electrons. The number of benzene rings is 1. The third-order valence-electron chi connectivity index (χ3n) is 4.63. The highest BCUT2D eigenvalue weighted by Gasteiger charge is 2.13. The normalized spacial score (nSPS) is 10.9. The fourth-order valence-corrected chi connectivity index (χ4v) is 2.97. The molecular weight excluding hydrogens is 485 g/mol. The van der Waals surface area contributed by atoms with Gasteiger partial charge in [0.15, 0.2) is 17.5 Å². The van der Waals surface area contributed by atoms with E-state index in [1.807, 2.05) is 37.7 Å². The third kappa shape index (κ3) is 6.15. The highest BCUT2D eigenvalue weighted by atomic mass is 127. The lowest BCUT2D eigenvalue weighted by Crippen LogP contribution is -2.37. The van der Waals surface area contributed by atoms with Gasteiger partial charge in [0.25, 0.3) is 0 Å². The van der Waals surface area contributed by atoms with E-state index in [9.17, 15) is 0 Å². The Morgan fingerprint density at radius 3 is 2.17 bits per heavy atom. The number of aryl methyl sites for hydroxylation is 2. The number of rotatable bonds is 8. The first-order valence-electron chi connectivity index (χ1n) is 9.25. The van der Waals surface area contributed by atoms with Crippen molar-refractivity contribution in [2.24, 2.45) is 12.0 Å². The first kappa shape index (κ1) is 24.9. The van der Waals surface area contributed by atoms with Crippen LogP contribution in [0.3, 0.4) is 0 Å². The molecule has 8 nitrogen and oxygen atoms in total. The van der Waals surface area contributed by atoms with Gasteiger partial charge >= 0.3 is 0 Å². The molecule has 162 valence electrons. The minimum atomic E-state index is 0. The molecule has 2 aromatic rings. The molecule has 1 aromatic heterocycles. The summed E-state index contributed by atoms with van der Waals surface area (Å²) in [5.74, 6) is 2.70. The molecule has 9 heteroatoms. The molecule has 2 N–H and O–H groups in total. The Balaban J connectivity index is 0.00000420. The second-order valence-corrected chi connectivity index (χ2v) is 6.34. The zero-order chi connectivity index (χ0) is 20.7. The molecule has 0 fully saturated rings. The zero-order valence-electron chi connectivity index (χ0n) is 18.3. The molecule has 0 atom stereocenters. The highest BCUT2D eigenvalue weighted by Crippen LogP contribution is 2.34. The van der Waals surface area contributed by atoms with Crippen LogP contribution in [0.25, 0.3) is 0 Å². The van der Waals surface area contributed by atoms with Crippen molar-refractivity contribution in [2.75, 3.05) is 27.9 Å². The SMILES string of the molecule is CCNC(=NCc1cc(OC)c(OC)cc1OC)NCc1c(C)nn(C)c1C.I. The van der Waals surface area contributed by atoms with E-state index in [1.54, 1.807) is 21.3 Å². The lowest BCUT2D eigenvalue weighted by atomic mass is 10.1. The van der Waals surface area contributed by atoms with Crippen LogP contribution in [0.1, 0.15) is 29.4 Å².